The van der Waals surface area contributed by atoms with Crippen molar-refractivity contribution in [3.05, 3.63) is 11.6 Å². The molecule has 0 aromatic carbocycles. The summed E-state index contributed by atoms with van der Waals surface area (Å²) in [5, 5.41) is 9.54. The average molecular weight is 322 g/mol. The molecular weight excluding hydrogens is 300 g/mol. The predicted octanol–water partition coefficient (Wildman–Crippen LogP) is 2.31. The van der Waals surface area contributed by atoms with E-state index in [0.717, 1.165) is 6.08 Å². The lowest BCUT2D eigenvalue weighted by Gasteiger charge is -2.32. The minimum absolute atomic E-state index is 0.100. The van der Waals surface area contributed by atoms with Crippen LogP contribution in [0.2, 0.25) is 0 Å². The maximum atomic E-state index is 12.5. The van der Waals surface area contributed by atoms with Gasteiger partial charge in [0, 0.05) is 5.57 Å². The van der Waals surface area contributed by atoms with Crippen LogP contribution in [0.3, 0.4) is 0 Å². The molecule has 7 heteroatoms. The van der Waals surface area contributed by atoms with E-state index in [9.17, 15) is 19.6 Å². The Morgan fingerprint density at radius 2 is 1.61 bits per heavy atom. The summed E-state index contributed by atoms with van der Waals surface area (Å²) in [4.78, 5) is 37.6. The molecule has 126 valence electrons. The van der Waals surface area contributed by atoms with Gasteiger partial charge in [0.25, 0.3) is 11.4 Å². The van der Waals surface area contributed by atoms with Crippen LogP contribution in [-0.2, 0) is 19.1 Å². The second-order valence-corrected chi connectivity index (χ2v) is 7.33. The normalized spacial score (nSPS) is 21.6. The SMILES string of the molecule is CC1=C[C@@](C#N)(C(=O)OC(C)(C)C)N(C(=O)OC(C)(C)C)C1=O. The molecule has 1 atom stereocenters. The fraction of sp³-hybridized carbons (Fsp3) is 0.625. The molecule has 0 spiro atoms. The molecule has 0 bridgehead atoms. The quantitative estimate of drug-likeness (QED) is 0.687. The van der Waals surface area contributed by atoms with Crippen molar-refractivity contribution in [1.82, 2.24) is 4.90 Å². The Labute approximate surface area is 135 Å². The summed E-state index contributed by atoms with van der Waals surface area (Å²) in [6, 6.07) is 1.73. The number of esters is 1. The van der Waals surface area contributed by atoms with Crippen LogP contribution in [0.15, 0.2) is 11.6 Å². The highest BCUT2D eigenvalue weighted by atomic mass is 16.6. The highest BCUT2D eigenvalue weighted by Gasteiger charge is 2.57. The van der Waals surface area contributed by atoms with E-state index in [-0.39, 0.29) is 5.57 Å². The standard InChI is InChI=1S/C16H22N2O5/c1-10-8-16(9-17,12(20)22-14(2,3)4)18(11(10)19)13(21)23-15(5,6)7/h8H,1-7H3/t16-/m1/s1. The van der Waals surface area contributed by atoms with Crippen LogP contribution < -0.4 is 0 Å². The van der Waals surface area contributed by atoms with Crippen molar-refractivity contribution >= 4 is 18.0 Å². The molecule has 0 aromatic heterocycles. The van der Waals surface area contributed by atoms with E-state index in [4.69, 9.17) is 9.47 Å². The molecule has 23 heavy (non-hydrogen) atoms. The van der Waals surface area contributed by atoms with Crippen molar-refractivity contribution in [2.75, 3.05) is 0 Å². The number of nitrogens with zero attached hydrogens (tertiary/aromatic N) is 2. The predicted molar refractivity (Wildman–Crippen MR) is 81.0 cm³/mol. The van der Waals surface area contributed by atoms with Crippen LogP contribution in [-0.4, -0.2) is 39.6 Å². The van der Waals surface area contributed by atoms with Crippen molar-refractivity contribution in [2.24, 2.45) is 0 Å². The maximum absolute atomic E-state index is 12.5. The minimum atomic E-state index is -2.16. The highest BCUT2D eigenvalue weighted by Crippen LogP contribution is 2.32. The van der Waals surface area contributed by atoms with Crippen LogP contribution in [0.25, 0.3) is 0 Å². The third kappa shape index (κ3) is 3.89. The van der Waals surface area contributed by atoms with Gasteiger partial charge in [-0.3, -0.25) is 4.79 Å². The van der Waals surface area contributed by atoms with Gasteiger partial charge in [0.2, 0.25) is 0 Å². The number of imide groups is 1. The van der Waals surface area contributed by atoms with Gasteiger partial charge < -0.3 is 9.47 Å². The van der Waals surface area contributed by atoms with E-state index in [1.165, 1.54) is 6.92 Å². The van der Waals surface area contributed by atoms with Crippen molar-refractivity contribution in [3.63, 3.8) is 0 Å². The van der Waals surface area contributed by atoms with E-state index in [1.807, 2.05) is 0 Å². The molecule has 0 saturated carbocycles. The molecule has 1 aliphatic rings. The summed E-state index contributed by atoms with van der Waals surface area (Å²) in [5.74, 6) is -1.75. The number of carbonyl (C=O) groups excluding carboxylic acids is 3. The third-order valence-electron chi connectivity index (χ3n) is 2.78. The maximum Gasteiger partial charge on any atom is 0.419 e. The van der Waals surface area contributed by atoms with Crippen LogP contribution in [0.5, 0.6) is 0 Å². The van der Waals surface area contributed by atoms with E-state index in [1.54, 1.807) is 47.6 Å². The Balaban J connectivity index is 3.32. The first-order valence-electron chi connectivity index (χ1n) is 7.15. The lowest BCUT2D eigenvalue weighted by Crippen LogP contribution is -2.57. The van der Waals surface area contributed by atoms with Crippen LogP contribution in [0.1, 0.15) is 48.5 Å². The second-order valence-electron chi connectivity index (χ2n) is 7.33. The Bertz CT molecular complexity index is 616. The van der Waals surface area contributed by atoms with Crippen LogP contribution >= 0.6 is 0 Å². The summed E-state index contributed by atoms with van der Waals surface area (Å²) in [5.41, 5.74) is -3.82. The second kappa shape index (κ2) is 5.69. The van der Waals surface area contributed by atoms with E-state index in [2.05, 4.69) is 0 Å². The Morgan fingerprint density at radius 3 is 2.00 bits per heavy atom. The zero-order chi connectivity index (χ0) is 18.2. The summed E-state index contributed by atoms with van der Waals surface area (Å²) < 4.78 is 10.4. The highest BCUT2D eigenvalue weighted by molar-refractivity contribution is 6.12. The molecule has 2 amide bonds. The van der Waals surface area contributed by atoms with E-state index in [0.29, 0.717) is 4.90 Å². The average Bonchev–Trinajstić information content (AvgIpc) is 2.58. The van der Waals surface area contributed by atoms with Gasteiger partial charge in [-0.1, -0.05) is 0 Å². The van der Waals surface area contributed by atoms with Gasteiger partial charge >= 0.3 is 12.1 Å². The summed E-state index contributed by atoms with van der Waals surface area (Å²) in [6.07, 6.45) is 0.0656. The Kier molecular flexibility index (Phi) is 4.62. The molecule has 1 rings (SSSR count). The zero-order valence-corrected chi connectivity index (χ0v) is 14.5. The van der Waals surface area contributed by atoms with Gasteiger partial charge in [-0.05, 0) is 54.5 Å². The fourth-order valence-corrected chi connectivity index (χ4v) is 1.94. The number of hydrogen-bond donors (Lipinski definition) is 0. The van der Waals surface area contributed by atoms with Crippen molar-refractivity contribution in [3.8, 4) is 6.07 Å². The molecule has 0 fully saturated rings. The van der Waals surface area contributed by atoms with Crippen molar-refractivity contribution in [2.45, 2.75) is 65.2 Å². The molecule has 1 heterocycles. The molecule has 0 N–H and O–H groups in total. The first-order valence-corrected chi connectivity index (χ1v) is 7.15. The summed E-state index contributed by atoms with van der Waals surface area (Å²) in [6.45, 7) is 11.2. The van der Waals surface area contributed by atoms with E-state index < -0.39 is 34.7 Å². The zero-order valence-electron chi connectivity index (χ0n) is 14.5. The summed E-state index contributed by atoms with van der Waals surface area (Å²) >= 11 is 0. The number of carbonyl (C=O) groups is 3. The van der Waals surface area contributed by atoms with Gasteiger partial charge in [-0.25, -0.2) is 14.5 Å². The monoisotopic (exact) mass is 322 g/mol. The number of amides is 2. The van der Waals surface area contributed by atoms with Gasteiger partial charge in [0.1, 0.15) is 17.3 Å². The smallest absolute Gasteiger partial charge is 0.419 e. The molecule has 0 radical (unpaired) electrons. The molecule has 1 aliphatic heterocycles. The van der Waals surface area contributed by atoms with Gasteiger partial charge in [0.15, 0.2) is 0 Å². The first-order chi connectivity index (χ1) is 10.2. The number of hydrogen-bond acceptors (Lipinski definition) is 6. The lowest BCUT2D eigenvalue weighted by atomic mass is 10.0. The van der Waals surface area contributed by atoms with Crippen molar-refractivity contribution in [1.29, 1.82) is 5.26 Å². The van der Waals surface area contributed by atoms with Crippen LogP contribution in [0, 0.1) is 11.3 Å². The molecule has 0 unspecified atom stereocenters. The number of ether oxygens (including phenoxy) is 2. The minimum Gasteiger partial charge on any atom is -0.457 e. The fourth-order valence-electron chi connectivity index (χ4n) is 1.94. The Morgan fingerprint density at radius 1 is 1.13 bits per heavy atom. The van der Waals surface area contributed by atoms with Gasteiger partial charge in [-0.2, -0.15) is 5.26 Å². The van der Waals surface area contributed by atoms with Crippen LogP contribution in [0.4, 0.5) is 4.79 Å². The van der Waals surface area contributed by atoms with Gasteiger partial charge in [0.05, 0.1) is 0 Å². The topological polar surface area (TPSA) is 96.7 Å². The molecule has 0 aromatic rings. The third-order valence-corrected chi connectivity index (χ3v) is 2.78. The molecule has 0 aliphatic carbocycles. The Hall–Kier alpha value is -2.36. The summed E-state index contributed by atoms with van der Waals surface area (Å²) in [7, 11) is 0. The van der Waals surface area contributed by atoms with Crippen molar-refractivity contribution < 1.29 is 23.9 Å². The molecule has 7 nitrogen and oxygen atoms in total. The first kappa shape index (κ1) is 18.7. The largest absolute Gasteiger partial charge is 0.457 e. The lowest BCUT2D eigenvalue weighted by molar-refractivity contribution is -0.164. The van der Waals surface area contributed by atoms with E-state index >= 15 is 0 Å². The molecular formula is C16H22N2O5. The molecule has 0 saturated heterocycles. The number of rotatable bonds is 1. The number of nitriles is 1. The van der Waals surface area contributed by atoms with Gasteiger partial charge in [-0.15, -0.1) is 0 Å².